The molecule has 0 aliphatic carbocycles. The summed E-state index contributed by atoms with van der Waals surface area (Å²) in [7, 11) is 0. The predicted octanol–water partition coefficient (Wildman–Crippen LogP) is 3.00. The quantitative estimate of drug-likeness (QED) is 0.805. The molecule has 2 aromatic carbocycles. The van der Waals surface area contributed by atoms with Crippen molar-refractivity contribution in [1.82, 2.24) is 0 Å². The summed E-state index contributed by atoms with van der Waals surface area (Å²) in [5, 5.41) is 5.95. The van der Waals surface area contributed by atoms with E-state index in [0.717, 1.165) is 16.3 Å². The fourth-order valence-corrected chi connectivity index (χ4v) is 2.43. The van der Waals surface area contributed by atoms with E-state index in [9.17, 15) is 4.79 Å². The van der Waals surface area contributed by atoms with Crippen molar-refractivity contribution in [3.63, 3.8) is 0 Å². The summed E-state index contributed by atoms with van der Waals surface area (Å²) in [6.07, 6.45) is 2.00. The Labute approximate surface area is 117 Å². The topological polar surface area (TPSA) is 47.9 Å². The van der Waals surface area contributed by atoms with E-state index in [1.54, 1.807) is 13.1 Å². The normalized spacial score (nSPS) is 20.9. The Morgan fingerprint density at radius 1 is 1.30 bits per heavy atom. The highest BCUT2D eigenvalue weighted by atomic mass is 16.7. The molecule has 4 heteroatoms. The molecule has 0 aromatic heterocycles. The van der Waals surface area contributed by atoms with Gasteiger partial charge in [-0.25, -0.2) is 4.79 Å². The Bertz CT molecular complexity index is 670. The van der Waals surface area contributed by atoms with Crippen LogP contribution in [0.4, 0.5) is 0 Å². The third-order valence-electron chi connectivity index (χ3n) is 3.48. The van der Waals surface area contributed by atoms with E-state index in [2.05, 4.69) is 5.16 Å². The van der Waals surface area contributed by atoms with E-state index in [-0.39, 0.29) is 0 Å². The number of benzene rings is 2. The number of nitrogens with zero attached hydrogens (tertiary/aromatic N) is 1. The molecule has 0 spiro atoms. The zero-order chi connectivity index (χ0) is 14.0. The van der Waals surface area contributed by atoms with Crippen LogP contribution in [-0.2, 0) is 20.0 Å². The molecule has 1 heterocycles. The zero-order valence-corrected chi connectivity index (χ0v) is 11.2. The van der Waals surface area contributed by atoms with Crippen LogP contribution in [0.25, 0.3) is 10.8 Å². The van der Waals surface area contributed by atoms with E-state index in [1.807, 2.05) is 42.5 Å². The molecule has 0 saturated carbocycles. The second-order valence-electron chi connectivity index (χ2n) is 4.69. The Kier molecular flexibility index (Phi) is 3.14. The summed E-state index contributed by atoms with van der Waals surface area (Å²) < 4.78 is 5.15. The molecule has 3 rings (SSSR count). The van der Waals surface area contributed by atoms with Gasteiger partial charge in [0.15, 0.2) is 0 Å². The van der Waals surface area contributed by atoms with Crippen molar-refractivity contribution in [3.8, 4) is 0 Å². The molecule has 1 aliphatic heterocycles. The van der Waals surface area contributed by atoms with Gasteiger partial charge in [0.1, 0.15) is 0 Å². The number of hydrogen-bond acceptors (Lipinski definition) is 4. The van der Waals surface area contributed by atoms with Crippen molar-refractivity contribution in [2.75, 3.05) is 6.61 Å². The van der Waals surface area contributed by atoms with Crippen molar-refractivity contribution in [2.45, 2.75) is 18.9 Å². The van der Waals surface area contributed by atoms with Crippen LogP contribution in [0.2, 0.25) is 0 Å². The third kappa shape index (κ3) is 1.93. The van der Waals surface area contributed by atoms with Crippen LogP contribution in [0.15, 0.2) is 47.6 Å². The molecule has 1 unspecified atom stereocenters. The Balaban J connectivity index is 2.08. The first-order chi connectivity index (χ1) is 9.76. The smallest absolute Gasteiger partial charge is 0.358 e. The monoisotopic (exact) mass is 269 g/mol. The number of fused-ring (bicyclic) bond motifs is 1. The van der Waals surface area contributed by atoms with E-state index < -0.39 is 11.6 Å². The molecule has 2 aromatic rings. The van der Waals surface area contributed by atoms with Crippen LogP contribution in [0.3, 0.4) is 0 Å². The van der Waals surface area contributed by atoms with Gasteiger partial charge in [-0.05, 0) is 23.8 Å². The molecule has 4 nitrogen and oxygen atoms in total. The van der Waals surface area contributed by atoms with Crippen LogP contribution in [0.1, 0.15) is 18.9 Å². The molecule has 0 amide bonds. The van der Waals surface area contributed by atoms with Gasteiger partial charge in [0.25, 0.3) is 5.60 Å². The summed E-state index contributed by atoms with van der Waals surface area (Å²) in [6.45, 7) is 2.10. The fraction of sp³-hybridized carbons (Fsp3) is 0.250. The van der Waals surface area contributed by atoms with Gasteiger partial charge in [0.05, 0.1) is 6.61 Å². The van der Waals surface area contributed by atoms with E-state index in [0.29, 0.717) is 13.0 Å². The third-order valence-corrected chi connectivity index (χ3v) is 3.48. The Morgan fingerprint density at radius 2 is 2.10 bits per heavy atom. The lowest BCUT2D eigenvalue weighted by Crippen LogP contribution is -2.37. The highest BCUT2D eigenvalue weighted by Gasteiger charge is 2.47. The Hall–Kier alpha value is -2.36. The number of carbonyl (C=O) groups is 1. The van der Waals surface area contributed by atoms with Gasteiger partial charge in [-0.2, -0.15) is 0 Å². The van der Waals surface area contributed by atoms with E-state index in [1.165, 1.54) is 0 Å². The highest BCUT2D eigenvalue weighted by molar-refractivity contribution is 5.89. The molecule has 20 heavy (non-hydrogen) atoms. The Morgan fingerprint density at radius 3 is 2.80 bits per heavy atom. The standard InChI is InChI=1S/C16H15NO3/c1-2-19-15(18)16(9-10-17-20-16)14-8-7-12-5-3-4-6-13(12)11-14/h3-8,10-11H,2,9H2,1H3. The van der Waals surface area contributed by atoms with Crippen LogP contribution in [0.5, 0.6) is 0 Å². The summed E-state index contributed by atoms with van der Waals surface area (Å²) in [4.78, 5) is 17.7. The zero-order valence-electron chi connectivity index (χ0n) is 11.2. The average Bonchev–Trinajstić information content (AvgIpc) is 2.98. The maximum absolute atomic E-state index is 12.3. The predicted molar refractivity (Wildman–Crippen MR) is 76.5 cm³/mol. The van der Waals surface area contributed by atoms with Gasteiger partial charge in [-0.1, -0.05) is 41.6 Å². The molecule has 1 aliphatic rings. The fourth-order valence-electron chi connectivity index (χ4n) is 2.43. The van der Waals surface area contributed by atoms with Crippen molar-refractivity contribution in [1.29, 1.82) is 0 Å². The number of esters is 1. The number of hydrogen-bond donors (Lipinski definition) is 0. The van der Waals surface area contributed by atoms with Gasteiger partial charge >= 0.3 is 5.97 Å². The van der Waals surface area contributed by atoms with Gasteiger partial charge in [-0.15, -0.1) is 0 Å². The lowest BCUT2D eigenvalue weighted by Gasteiger charge is -2.24. The summed E-state index contributed by atoms with van der Waals surface area (Å²) in [5.74, 6) is -0.396. The van der Waals surface area contributed by atoms with Crippen molar-refractivity contribution < 1.29 is 14.4 Å². The number of ether oxygens (including phenoxy) is 1. The van der Waals surface area contributed by atoms with E-state index >= 15 is 0 Å². The van der Waals surface area contributed by atoms with Gasteiger partial charge in [0.2, 0.25) is 0 Å². The minimum absolute atomic E-state index is 0.317. The second kappa shape index (κ2) is 4.96. The van der Waals surface area contributed by atoms with Crippen LogP contribution in [0, 0.1) is 0 Å². The van der Waals surface area contributed by atoms with Crippen molar-refractivity contribution in [3.05, 3.63) is 48.0 Å². The summed E-state index contributed by atoms with van der Waals surface area (Å²) in [5.41, 5.74) is -0.368. The van der Waals surface area contributed by atoms with Crippen LogP contribution < -0.4 is 0 Å². The van der Waals surface area contributed by atoms with Crippen LogP contribution in [-0.4, -0.2) is 18.8 Å². The maximum Gasteiger partial charge on any atom is 0.358 e. The van der Waals surface area contributed by atoms with Gasteiger partial charge in [-0.3, -0.25) is 0 Å². The van der Waals surface area contributed by atoms with E-state index in [4.69, 9.17) is 9.57 Å². The SMILES string of the molecule is CCOC(=O)C1(c2ccc3ccccc3c2)CC=NO1. The largest absolute Gasteiger partial charge is 0.463 e. The lowest BCUT2D eigenvalue weighted by atomic mass is 9.89. The minimum Gasteiger partial charge on any atom is -0.463 e. The summed E-state index contributed by atoms with van der Waals surface area (Å²) >= 11 is 0. The minimum atomic E-state index is -1.14. The molecule has 0 saturated heterocycles. The molecule has 102 valence electrons. The molecule has 1 atom stereocenters. The first-order valence-electron chi connectivity index (χ1n) is 6.63. The van der Waals surface area contributed by atoms with Crippen LogP contribution >= 0.6 is 0 Å². The van der Waals surface area contributed by atoms with Gasteiger partial charge in [0, 0.05) is 18.2 Å². The highest BCUT2D eigenvalue weighted by Crippen LogP contribution is 2.35. The molecule has 0 N–H and O–H groups in total. The molecule has 0 bridgehead atoms. The number of rotatable bonds is 3. The second-order valence-corrected chi connectivity index (χ2v) is 4.69. The average molecular weight is 269 g/mol. The maximum atomic E-state index is 12.3. The number of oxime groups is 1. The lowest BCUT2D eigenvalue weighted by molar-refractivity contribution is -0.170. The van der Waals surface area contributed by atoms with Crippen molar-refractivity contribution in [2.24, 2.45) is 5.16 Å². The van der Waals surface area contributed by atoms with Gasteiger partial charge < -0.3 is 9.57 Å². The molecule has 0 fully saturated rings. The summed E-state index contributed by atoms with van der Waals surface area (Å²) in [6, 6.07) is 13.8. The first kappa shape index (κ1) is 12.7. The molecular weight excluding hydrogens is 254 g/mol. The first-order valence-corrected chi connectivity index (χ1v) is 6.63. The number of carbonyl (C=O) groups excluding carboxylic acids is 1. The molecule has 0 radical (unpaired) electrons. The van der Waals surface area contributed by atoms with Crippen molar-refractivity contribution >= 4 is 23.0 Å². The molecular formula is C16H15NO3.